The lowest BCUT2D eigenvalue weighted by atomic mass is 10.0. The van der Waals surface area contributed by atoms with Crippen LogP contribution >= 0.6 is 0 Å². The smallest absolute Gasteiger partial charge is 0.219 e. The molecule has 0 fully saturated rings. The number of phenolic OH excluding ortho intramolecular Hbond substituents is 1. The first kappa shape index (κ1) is 23.0. The molecule has 0 aliphatic carbocycles. The van der Waals surface area contributed by atoms with Gasteiger partial charge in [-0.1, -0.05) is 30.3 Å². The number of amides is 1. The van der Waals surface area contributed by atoms with Crippen LogP contribution in [-0.4, -0.2) is 25.2 Å². The highest BCUT2D eigenvalue weighted by Crippen LogP contribution is 2.30. The zero-order valence-electron chi connectivity index (χ0n) is 18.2. The van der Waals surface area contributed by atoms with E-state index in [1.807, 2.05) is 42.5 Å². The van der Waals surface area contributed by atoms with Crippen LogP contribution in [0.3, 0.4) is 0 Å². The fourth-order valence-corrected chi connectivity index (χ4v) is 3.32. The van der Waals surface area contributed by atoms with E-state index >= 15 is 0 Å². The Kier molecular flexibility index (Phi) is 7.94. The van der Waals surface area contributed by atoms with E-state index < -0.39 is 5.91 Å². The summed E-state index contributed by atoms with van der Waals surface area (Å²) in [5, 5.41) is 12.9. The fraction of sp³-hybridized carbons (Fsp3) is 0.240. The third-order valence-corrected chi connectivity index (χ3v) is 5.01. The van der Waals surface area contributed by atoms with Crippen LogP contribution in [0.1, 0.15) is 29.2 Å². The number of rotatable bonds is 11. The van der Waals surface area contributed by atoms with E-state index in [-0.39, 0.29) is 18.2 Å². The van der Waals surface area contributed by atoms with Crippen molar-refractivity contribution < 1.29 is 24.1 Å². The van der Waals surface area contributed by atoms with Crippen molar-refractivity contribution >= 4 is 5.91 Å². The van der Waals surface area contributed by atoms with E-state index in [2.05, 4.69) is 5.32 Å². The van der Waals surface area contributed by atoms with Crippen LogP contribution in [0.5, 0.6) is 23.0 Å². The second-order valence-corrected chi connectivity index (χ2v) is 7.32. The highest BCUT2D eigenvalue weighted by Gasteiger charge is 2.15. The fourth-order valence-electron chi connectivity index (χ4n) is 3.32. The number of hydrogen-bond donors (Lipinski definition) is 3. The van der Waals surface area contributed by atoms with Gasteiger partial charge in [0.05, 0.1) is 14.2 Å². The molecule has 3 aromatic carbocycles. The highest BCUT2D eigenvalue weighted by atomic mass is 16.5. The Balaban J connectivity index is 1.67. The molecule has 0 aromatic heterocycles. The second-order valence-electron chi connectivity index (χ2n) is 7.32. The third kappa shape index (κ3) is 6.39. The summed E-state index contributed by atoms with van der Waals surface area (Å²) < 4.78 is 16.7. The number of primary amides is 1. The molecule has 0 bridgehead atoms. The lowest BCUT2D eigenvalue weighted by Gasteiger charge is -2.19. The number of ether oxygens (including phenoxy) is 3. The minimum Gasteiger partial charge on any atom is -0.508 e. The van der Waals surface area contributed by atoms with Crippen LogP contribution in [0.15, 0.2) is 66.7 Å². The first-order valence-electron chi connectivity index (χ1n) is 10.2. The number of carbonyl (C=O) groups excluding carboxylic acids is 1. The molecule has 7 nitrogen and oxygen atoms in total. The Hall–Kier alpha value is -3.71. The van der Waals surface area contributed by atoms with E-state index in [9.17, 15) is 9.90 Å². The minimum atomic E-state index is -0.408. The highest BCUT2D eigenvalue weighted by molar-refractivity contribution is 5.74. The summed E-state index contributed by atoms with van der Waals surface area (Å²) in [5.41, 5.74) is 8.24. The Bertz CT molecular complexity index is 1040. The van der Waals surface area contributed by atoms with Crippen molar-refractivity contribution in [2.75, 3.05) is 14.2 Å². The van der Waals surface area contributed by atoms with Crippen LogP contribution in [-0.2, 0) is 17.9 Å². The van der Waals surface area contributed by atoms with Gasteiger partial charge in [-0.2, -0.15) is 0 Å². The normalized spacial score (nSPS) is 11.6. The molecular weight excluding hydrogens is 408 g/mol. The number of nitrogens with two attached hydrogens (primary N) is 1. The summed E-state index contributed by atoms with van der Waals surface area (Å²) in [4.78, 5) is 11.5. The number of phenols is 1. The van der Waals surface area contributed by atoms with E-state index in [1.54, 1.807) is 38.5 Å². The molecule has 0 saturated carbocycles. The quantitative estimate of drug-likeness (QED) is 0.424. The number of hydrogen-bond acceptors (Lipinski definition) is 6. The Morgan fingerprint density at radius 3 is 2.44 bits per heavy atom. The molecule has 3 rings (SSSR count). The first-order chi connectivity index (χ1) is 15.5. The van der Waals surface area contributed by atoms with Crippen molar-refractivity contribution in [2.45, 2.75) is 25.6 Å². The maximum Gasteiger partial charge on any atom is 0.219 e. The lowest BCUT2D eigenvalue weighted by Crippen LogP contribution is -2.26. The van der Waals surface area contributed by atoms with Gasteiger partial charge in [-0.05, 0) is 53.1 Å². The number of carbonyl (C=O) groups is 1. The number of methoxy groups -OCH3 is 2. The molecule has 0 saturated heterocycles. The number of nitrogens with one attached hydrogen (secondary N) is 1. The van der Waals surface area contributed by atoms with Gasteiger partial charge in [0.25, 0.3) is 0 Å². The van der Waals surface area contributed by atoms with Crippen molar-refractivity contribution in [1.82, 2.24) is 5.32 Å². The lowest BCUT2D eigenvalue weighted by molar-refractivity contribution is -0.118. The van der Waals surface area contributed by atoms with Crippen molar-refractivity contribution in [3.05, 3.63) is 83.4 Å². The van der Waals surface area contributed by atoms with Crippen LogP contribution in [0.25, 0.3) is 0 Å². The van der Waals surface area contributed by atoms with Gasteiger partial charge in [0, 0.05) is 19.0 Å². The van der Waals surface area contributed by atoms with Crippen LogP contribution < -0.4 is 25.3 Å². The standard InChI is InChI=1S/C25H28N2O5/c1-30-21-5-3-4-18(12-21)16-32-23-11-6-17(13-24(23)31-2)15-27-22(14-25(26)29)19-7-9-20(28)10-8-19/h3-13,22,27-28H,14-16H2,1-2H3,(H2,26,29). The zero-order valence-corrected chi connectivity index (χ0v) is 18.2. The molecule has 7 heteroatoms. The van der Waals surface area contributed by atoms with Crippen LogP contribution in [0.4, 0.5) is 0 Å². The molecular formula is C25H28N2O5. The summed E-state index contributed by atoms with van der Waals surface area (Å²) >= 11 is 0. The van der Waals surface area contributed by atoms with Gasteiger partial charge in [-0.15, -0.1) is 0 Å². The van der Waals surface area contributed by atoms with Gasteiger partial charge in [-0.3, -0.25) is 4.79 Å². The molecule has 1 unspecified atom stereocenters. The zero-order chi connectivity index (χ0) is 22.9. The van der Waals surface area contributed by atoms with Gasteiger partial charge in [0.15, 0.2) is 11.5 Å². The Morgan fingerprint density at radius 1 is 0.969 bits per heavy atom. The molecule has 4 N–H and O–H groups in total. The molecule has 3 aromatic rings. The van der Waals surface area contributed by atoms with Crippen molar-refractivity contribution in [1.29, 1.82) is 0 Å². The maximum atomic E-state index is 11.5. The average molecular weight is 437 g/mol. The maximum absolute atomic E-state index is 11.5. The monoisotopic (exact) mass is 436 g/mol. The molecule has 1 atom stereocenters. The molecule has 1 amide bonds. The first-order valence-corrected chi connectivity index (χ1v) is 10.2. The van der Waals surface area contributed by atoms with Crippen molar-refractivity contribution in [2.24, 2.45) is 5.73 Å². The average Bonchev–Trinajstić information content (AvgIpc) is 2.81. The SMILES string of the molecule is COc1cccc(COc2ccc(CNC(CC(N)=O)c3ccc(O)cc3)cc2OC)c1. The van der Waals surface area contributed by atoms with E-state index in [0.717, 1.165) is 22.4 Å². The largest absolute Gasteiger partial charge is 0.508 e. The summed E-state index contributed by atoms with van der Waals surface area (Å²) in [7, 11) is 3.22. The molecule has 0 heterocycles. The van der Waals surface area contributed by atoms with E-state index in [0.29, 0.717) is 24.7 Å². The summed E-state index contributed by atoms with van der Waals surface area (Å²) in [6, 6.07) is 19.8. The molecule has 0 spiro atoms. The van der Waals surface area contributed by atoms with Gasteiger partial charge < -0.3 is 30.4 Å². The third-order valence-electron chi connectivity index (χ3n) is 5.01. The molecule has 32 heavy (non-hydrogen) atoms. The summed E-state index contributed by atoms with van der Waals surface area (Å²) in [6.45, 7) is 0.873. The van der Waals surface area contributed by atoms with Crippen LogP contribution in [0.2, 0.25) is 0 Å². The summed E-state index contributed by atoms with van der Waals surface area (Å²) in [5.74, 6) is 1.78. The molecule has 0 aliphatic rings. The van der Waals surface area contributed by atoms with Crippen LogP contribution in [0, 0.1) is 0 Å². The molecule has 168 valence electrons. The minimum absolute atomic E-state index is 0.143. The molecule has 0 radical (unpaired) electrons. The van der Waals surface area contributed by atoms with Gasteiger partial charge in [0.1, 0.15) is 18.1 Å². The topological polar surface area (TPSA) is 103 Å². The van der Waals surface area contributed by atoms with E-state index in [4.69, 9.17) is 19.9 Å². The van der Waals surface area contributed by atoms with E-state index in [1.165, 1.54) is 0 Å². The van der Waals surface area contributed by atoms with Gasteiger partial charge in [-0.25, -0.2) is 0 Å². The Morgan fingerprint density at radius 2 is 1.75 bits per heavy atom. The van der Waals surface area contributed by atoms with Gasteiger partial charge in [0.2, 0.25) is 5.91 Å². The predicted octanol–water partition coefficient (Wildman–Crippen LogP) is 3.69. The van der Waals surface area contributed by atoms with Crippen molar-refractivity contribution in [3.63, 3.8) is 0 Å². The number of aromatic hydroxyl groups is 1. The predicted molar refractivity (Wildman–Crippen MR) is 122 cm³/mol. The summed E-state index contributed by atoms with van der Waals surface area (Å²) in [6.07, 6.45) is 0.143. The van der Waals surface area contributed by atoms with Gasteiger partial charge >= 0.3 is 0 Å². The van der Waals surface area contributed by atoms with Crippen molar-refractivity contribution in [3.8, 4) is 23.0 Å². The Labute approximate surface area is 187 Å². The molecule has 0 aliphatic heterocycles. The number of benzene rings is 3. The second kappa shape index (κ2) is 11.1.